The van der Waals surface area contributed by atoms with E-state index in [1.165, 1.54) is 11.1 Å². The van der Waals surface area contributed by atoms with E-state index in [0.29, 0.717) is 30.9 Å². The highest BCUT2D eigenvalue weighted by Gasteiger charge is 2.19. The Morgan fingerprint density at radius 3 is 2.05 bits per heavy atom. The molecule has 0 radical (unpaired) electrons. The molecule has 21 heavy (non-hydrogen) atoms. The quantitative estimate of drug-likeness (QED) is 0.734. The maximum atomic E-state index is 5.95. The van der Waals surface area contributed by atoms with E-state index in [1.807, 2.05) is 0 Å². The molecule has 0 bridgehead atoms. The van der Waals surface area contributed by atoms with Gasteiger partial charge in [-0.05, 0) is 35.4 Å². The third-order valence-electron chi connectivity index (χ3n) is 4.24. The molecule has 1 aromatic carbocycles. The molecule has 1 aromatic rings. The van der Waals surface area contributed by atoms with E-state index >= 15 is 0 Å². The van der Waals surface area contributed by atoms with E-state index < -0.39 is 0 Å². The van der Waals surface area contributed by atoms with E-state index in [0.717, 1.165) is 6.54 Å². The largest absolute Gasteiger partial charge is 0.380 e. The van der Waals surface area contributed by atoms with E-state index in [2.05, 4.69) is 57.3 Å². The van der Waals surface area contributed by atoms with Crippen LogP contribution in [0.25, 0.3) is 0 Å². The van der Waals surface area contributed by atoms with E-state index in [-0.39, 0.29) is 6.04 Å². The van der Waals surface area contributed by atoms with Gasteiger partial charge in [-0.25, -0.2) is 0 Å². The summed E-state index contributed by atoms with van der Waals surface area (Å²) in [7, 11) is 1.72. The van der Waals surface area contributed by atoms with Gasteiger partial charge in [0.25, 0.3) is 0 Å². The summed E-state index contributed by atoms with van der Waals surface area (Å²) in [6, 6.07) is 8.76. The Balaban J connectivity index is 2.65. The van der Waals surface area contributed by atoms with Crippen molar-refractivity contribution in [3.63, 3.8) is 0 Å². The Morgan fingerprint density at radius 1 is 1.05 bits per heavy atom. The van der Waals surface area contributed by atoms with E-state index in [1.54, 1.807) is 7.11 Å². The second kappa shape index (κ2) is 9.19. The van der Waals surface area contributed by atoms with Crippen molar-refractivity contribution in [3.05, 3.63) is 35.4 Å². The molecule has 0 aliphatic heterocycles. The summed E-state index contributed by atoms with van der Waals surface area (Å²) in [6.07, 6.45) is 0. The van der Waals surface area contributed by atoms with E-state index in [9.17, 15) is 0 Å². The summed E-state index contributed by atoms with van der Waals surface area (Å²) in [5.74, 6) is 2.03. The molecule has 0 heterocycles. The number of hydrogen-bond acceptors (Lipinski definition) is 3. The topological polar surface area (TPSA) is 47.3 Å². The van der Waals surface area contributed by atoms with Crippen molar-refractivity contribution in [2.75, 3.05) is 20.2 Å². The number of nitrogens with two attached hydrogens (primary N) is 1. The maximum Gasteiger partial charge on any atom is 0.0713 e. The van der Waals surface area contributed by atoms with Gasteiger partial charge in [-0.1, -0.05) is 52.0 Å². The third kappa shape index (κ3) is 5.77. The van der Waals surface area contributed by atoms with Gasteiger partial charge in [-0.3, -0.25) is 0 Å². The fraction of sp³-hybridized carbons (Fsp3) is 0.667. The maximum absolute atomic E-state index is 5.95. The standard InChI is InChI=1S/C18H32N2O/c1-13(2)17(14(3)4)11-20-18(10-19)16-8-6-15(7-9-16)12-21-5/h6-9,13-14,17-18,20H,10-12,19H2,1-5H3. The Morgan fingerprint density at radius 2 is 1.62 bits per heavy atom. The second-order valence-corrected chi connectivity index (χ2v) is 6.52. The summed E-state index contributed by atoms with van der Waals surface area (Å²) in [6.45, 7) is 11.5. The number of methoxy groups -OCH3 is 1. The number of benzene rings is 1. The van der Waals surface area contributed by atoms with Gasteiger partial charge in [0.05, 0.1) is 6.61 Å². The average molecular weight is 292 g/mol. The molecular weight excluding hydrogens is 260 g/mol. The van der Waals surface area contributed by atoms with Crippen molar-refractivity contribution in [1.82, 2.24) is 5.32 Å². The van der Waals surface area contributed by atoms with Gasteiger partial charge in [0.15, 0.2) is 0 Å². The van der Waals surface area contributed by atoms with Crippen LogP contribution in [0.4, 0.5) is 0 Å². The van der Waals surface area contributed by atoms with Crippen molar-refractivity contribution < 1.29 is 4.74 Å². The zero-order valence-electron chi connectivity index (χ0n) is 14.2. The minimum Gasteiger partial charge on any atom is -0.380 e. The van der Waals surface area contributed by atoms with Crippen LogP contribution in [0.2, 0.25) is 0 Å². The highest BCUT2D eigenvalue weighted by atomic mass is 16.5. The van der Waals surface area contributed by atoms with Gasteiger partial charge >= 0.3 is 0 Å². The molecule has 120 valence electrons. The molecule has 0 fully saturated rings. The SMILES string of the molecule is COCc1ccc(C(CN)NCC(C(C)C)C(C)C)cc1. The number of hydrogen-bond donors (Lipinski definition) is 2. The number of nitrogens with one attached hydrogen (secondary N) is 1. The van der Waals surface area contributed by atoms with Crippen LogP contribution in [0.3, 0.4) is 0 Å². The Labute approximate surface area is 130 Å². The third-order valence-corrected chi connectivity index (χ3v) is 4.24. The first-order valence-corrected chi connectivity index (χ1v) is 8.00. The summed E-state index contributed by atoms with van der Waals surface area (Å²) in [4.78, 5) is 0. The lowest BCUT2D eigenvalue weighted by atomic mass is 9.85. The first-order chi connectivity index (χ1) is 9.99. The van der Waals surface area contributed by atoms with E-state index in [4.69, 9.17) is 10.5 Å². The second-order valence-electron chi connectivity index (χ2n) is 6.52. The molecule has 1 atom stereocenters. The molecule has 3 nitrogen and oxygen atoms in total. The van der Waals surface area contributed by atoms with Gasteiger partial charge in [0, 0.05) is 19.7 Å². The first kappa shape index (κ1) is 18.1. The van der Waals surface area contributed by atoms with Crippen LogP contribution in [0, 0.1) is 17.8 Å². The van der Waals surface area contributed by atoms with Crippen LogP contribution in [0.5, 0.6) is 0 Å². The summed E-state index contributed by atoms with van der Waals surface area (Å²) < 4.78 is 5.15. The van der Waals surface area contributed by atoms with Crippen molar-refractivity contribution in [3.8, 4) is 0 Å². The monoisotopic (exact) mass is 292 g/mol. The van der Waals surface area contributed by atoms with Crippen LogP contribution in [-0.4, -0.2) is 20.2 Å². The van der Waals surface area contributed by atoms with Crippen molar-refractivity contribution in [1.29, 1.82) is 0 Å². The molecule has 0 saturated carbocycles. The molecule has 0 aromatic heterocycles. The molecule has 0 amide bonds. The Kier molecular flexibility index (Phi) is 7.94. The normalized spacial score (nSPS) is 13.4. The zero-order valence-corrected chi connectivity index (χ0v) is 14.2. The molecule has 1 unspecified atom stereocenters. The molecule has 3 N–H and O–H groups in total. The van der Waals surface area contributed by atoms with Crippen molar-refractivity contribution in [2.24, 2.45) is 23.5 Å². The Bertz CT molecular complexity index is 379. The van der Waals surface area contributed by atoms with Gasteiger partial charge in [0.1, 0.15) is 0 Å². The zero-order chi connectivity index (χ0) is 15.8. The summed E-state index contributed by atoms with van der Waals surface area (Å²) in [5, 5.41) is 3.64. The van der Waals surface area contributed by atoms with Gasteiger partial charge in [0.2, 0.25) is 0 Å². The Hall–Kier alpha value is -0.900. The molecule has 0 aliphatic rings. The summed E-state index contributed by atoms with van der Waals surface area (Å²) in [5.41, 5.74) is 8.40. The molecule has 0 aliphatic carbocycles. The fourth-order valence-electron chi connectivity index (χ4n) is 2.87. The van der Waals surface area contributed by atoms with Gasteiger partial charge in [-0.15, -0.1) is 0 Å². The first-order valence-electron chi connectivity index (χ1n) is 8.00. The predicted octanol–water partition coefficient (Wildman–Crippen LogP) is 3.35. The van der Waals surface area contributed by atoms with Crippen LogP contribution < -0.4 is 11.1 Å². The molecular formula is C18H32N2O. The van der Waals surface area contributed by atoms with Gasteiger partial charge in [-0.2, -0.15) is 0 Å². The number of rotatable bonds is 9. The lowest BCUT2D eigenvalue weighted by molar-refractivity contribution is 0.185. The van der Waals surface area contributed by atoms with Crippen LogP contribution in [0.1, 0.15) is 44.9 Å². The van der Waals surface area contributed by atoms with Crippen LogP contribution in [-0.2, 0) is 11.3 Å². The predicted molar refractivity (Wildman–Crippen MR) is 90.1 cm³/mol. The van der Waals surface area contributed by atoms with Crippen LogP contribution in [0.15, 0.2) is 24.3 Å². The highest BCUT2D eigenvalue weighted by molar-refractivity contribution is 5.25. The molecule has 3 heteroatoms. The summed E-state index contributed by atoms with van der Waals surface area (Å²) >= 11 is 0. The fourth-order valence-corrected chi connectivity index (χ4v) is 2.87. The lowest BCUT2D eigenvalue weighted by Gasteiger charge is -2.28. The highest BCUT2D eigenvalue weighted by Crippen LogP contribution is 2.21. The smallest absolute Gasteiger partial charge is 0.0713 e. The molecule has 0 spiro atoms. The van der Waals surface area contributed by atoms with Crippen LogP contribution >= 0.6 is 0 Å². The molecule has 0 saturated heterocycles. The van der Waals surface area contributed by atoms with Crippen molar-refractivity contribution in [2.45, 2.75) is 40.3 Å². The minimum atomic E-state index is 0.224. The minimum absolute atomic E-state index is 0.224. The lowest BCUT2D eigenvalue weighted by Crippen LogP contribution is -2.35. The van der Waals surface area contributed by atoms with Gasteiger partial charge < -0.3 is 15.8 Å². The molecule has 1 rings (SSSR count). The number of ether oxygens (including phenoxy) is 1. The average Bonchev–Trinajstić information content (AvgIpc) is 2.44. The van der Waals surface area contributed by atoms with Crippen molar-refractivity contribution >= 4 is 0 Å².